The van der Waals surface area contributed by atoms with Gasteiger partial charge >= 0.3 is 0 Å². The Bertz CT molecular complexity index is 869. The van der Waals surface area contributed by atoms with Crippen LogP contribution in [0.5, 0.6) is 0 Å². The topological polar surface area (TPSA) is 62.5 Å². The molecule has 1 amide bonds. The largest absolute Gasteiger partial charge is 0.459 e. The summed E-state index contributed by atoms with van der Waals surface area (Å²) in [5.74, 6) is -0.0580. The lowest BCUT2D eigenvalue weighted by molar-refractivity contribution is 0.0832. The Morgan fingerprint density at radius 1 is 1.04 bits per heavy atom. The Morgan fingerprint density at radius 2 is 1.79 bits per heavy atom. The van der Waals surface area contributed by atoms with Crippen LogP contribution in [-0.4, -0.2) is 17.1 Å². The number of hydrogen-bond acceptors (Lipinski definition) is 3. The summed E-state index contributed by atoms with van der Waals surface area (Å²) in [5.41, 5.74) is 3.70. The van der Waals surface area contributed by atoms with Crippen molar-refractivity contribution in [3.8, 4) is 11.1 Å². The second-order valence-electron chi connectivity index (χ2n) is 5.95. The maximum absolute atomic E-state index is 12.7. The highest BCUT2D eigenvalue weighted by Gasteiger charge is 2.33. The lowest BCUT2D eigenvalue weighted by atomic mass is 10.0. The summed E-state index contributed by atoms with van der Waals surface area (Å²) in [6.07, 6.45) is 1.43. The molecule has 4 heteroatoms. The van der Waals surface area contributed by atoms with E-state index in [1.54, 1.807) is 6.07 Å². The summed E-state index contributed by atoms with van der Waals surface area (Å²) in [6, 6.07) is 18.8. The van der Waals surface area contributed by atoms with Crippen LogP contribution in [0.3, 0.4) is 0 Å². The van der Waals surface area contributed by atoms with Gasteiger partial charge in [-0.3, -0.25) is 4.79 Å². The molecule has 1 aromatic heterocycles. The van der Waals surface area contributed by atoms with Gasteiger partial charge in [0.1, 0.15) is 0 Å². The molecule has 1 aliphatic carbocycles. The molecule has 0 radical (unpaired) electrons. The lowest BCUT2D eigenvalue weighted by Crippen LogP contribution is -2.33. The summed E-state index contributed by atoms with van der Waals surface area (Å²) < 4.78 is 5.42. The molecule has 0 fully saturated rings. The van der Waals surface area contributed by atoms with E-state index in [2.05, 4.69) is 5.32 Å². The summed E-state index contributed by atoms with van der Waals surface area (Å²) >= 11 is 0. The van der Waals surface area contributed by atoms with Gasteiger partial charge in [0.15, 0.2) is 5.76 Å². The van der Waals surface area contributed by atoms with Gasteiger partial charge in [-0.15, -0.1) is 0 Å². The molecule has 3 aromatic rings. The molecular formula is C20H17NO3. The number of carbonyl (C=O) groups is 1. The molecule has 0 unspecified atom stereocenters. The smallest absolute Gasteiger partial charge is 0.288 e. The number of fused-ring (bicyclic) bond motifs is 1. The average Bonchev–Trinajstić information content (AvgIpc) is 3.21. The standard InChI is InChI=1S/C20H17NO3/c22-17-12-14-8-4-5-9-15(14)18(17)21-20(23)19-16(10-11-24-19)13-6-2-1-3-7-13/h1-11,17-18,22H,12H2,(H,21,23)/t17-,18+/m0/s1. The van der Waals surface area contributed by atoms with Crippen molar-refractivity contribution in [2.75, 3.05) is 0 Å². The molecule has 24 heavy (non-hydrogen) atoms. The third-order valence-electron chi connectivity index (χ3n) is 4.45. The highest BCUT2D eigenvalue weighted by atomic mass is 16.3. The maximum atomic E-state index is 12.7. The van der Waals surface area contributed by atoms with Gasteiger partial charge in [0.25, 0.3) is 5.91 Å². The predicted molar refractivity (Wildman–Crippen MR) is 90.5 cm³/mol. The van der Waals surface area contributed by atoms with Crippen molar-refractivity contribution in [2.45, 2.75) is 18.6 Å². The minimum Gasteiger partial charge on any atom is -0.459 e. The Hall–Kier alpha value is -2.85. The fraction of sp³-hybridized carbons (Fsp3) is 0.150. The van der Waals surface area contributed by atoms with E-state index < -0.39 is 12.1 Å². The summed E-state index contributed by atoms with van der Waals surface area (Å²) in [4.78, 5) is 12.7. The molecule has 2 atom stereocenters. The van der Waals surface area contributed by atoms with E-state index in [1.807, 2.05) is 54.6 Å². The van der Waals surface area contributed by atoms with Crippen molar-refractivity contribution in [1.82, 2.24) is 5.32 Å². The van der Waals surface area contributed by atoms with Gasteiger partial charge in [-0.1, -0.05) is 54.6 Å². The van der Waals surface area contributed by atoms with E-state index in [1.165, 1.54) is 6.26 Å². The third kappa shape index (κ3) is 2.51. The zero-order chi connectivity index (χ0) is 16.5. The molecule has 0 aliphatic heterocycles. The van der Waals surface area contributed by atoms with Gasteiger partial charge in [-0.2, -0.15) is 0 Å². The number of aliphatic hydroxyl groups is 1. The van der Waals surface area contributed by atoms with Crippen molar-refractivity contribution in [2.24, 2.45) is 0 Å². The number of furan rings is 1. The van der Waals surface area contributed by atoms with Crippen molar-refractivity contribution >= 4 is 5.91 Å². The fourth-order valence-corrected chi connectivity index (χ4v) is 3.28. The predicted octanol–water partition coefficient (Wildman–Crippen LogP) is 3.33. The van der Waals surface area contributed by atoms with Crippen molar-refractivity contribution in [3.63, 3.8) is 0 Å². The zero-order valence-corrected chi connectivity index (χ0v) is 13.0. The van der Waals surface area contributed by atoms with Crippen LogP contribution in [0.1, 0.15) is 27.7 Å². The lowest BCUT2D eigenvalue weighted by Gasteiger charge is -2.17. The van der Waals surface area contributed by atoms with Gasteiger partial charge in [0.05, 0.1) is 18.4 Å². The summed E-state index contributed by atoms with van der Waals surface area (Å²) in [6.45, 7) is 0. The second kappa shape index (κ2) is 5.98. The van der Waals surface area contributed by atoms with Crippen LogP contribution in [0.4, 0.5) is 0 Å². The highest BCUT2D eigenvalue weighted by Crippen LogP contribution is 2.32. The molecule has 4 nitrogen and oxygen atoms in total. The Morgan fingerprint density at radius 3 is 2.62 bits per heavy atom. The molecule has 1 heterocycles. The van der Waals surface area contributed by atoms with E-state index in [-0.39, 0.29) is 11.7 Å². The van der Waals surface area contributed by atoms with E-state index in [0.29, 0.717) is 6.42 Å². The van der Waals surface area contributed by atoms with Gasteiger partial charge in [-0.25, -0.2) is 0 Å². The second-order valence-corrected chi connectivity index (χ2v) is 5.95. The average molecular weight is 319 g/mol. The Labute approximate surface area is 139 Å². The molecule has 1 aliphatic rings. The SMILES string of the molecule is O=C(N[C@@H]1c2ccccc2C[C@@H]1O)c1occc1-c1ccccc1. The first-order valence-electron chi connectivity index (χ1n) is 7.93. The van der Waals surface area contributed by atoms with E-state index in [4.69, 9.17) is 4.42 Å². The minimum atomic E-state index is -0.624. The molecule has 0 saturated heterocycles. The van der Waals surface area contributed by atoms with Gasteiger partial charge in [-0.05, 0) is 22.8 Å². The monoisotopic (exact) mass is 319 g/mol. The third-order valence-corrected chi connectivity index (χ3v) is 4.45. The van der Waals surface area contributed by atoms with Crippen molar-refractivity contribution in [3.05, 3.63) is 83.8 Å². The molecule has 0 spiro atoms. The highest BCUT2D eigenvalue weighted by molar-refractivity contribution is 5.98. The van der Waals surface area contributed by atoms with Crippen molar-refractivity contribution < 1.29 is 14.3 Å². The van der Waals surface area contributed by atoms with Crippen molar-refractivity contribution in [1.29, 1.82) is 0 Å². The fourth-order valence-electron chi connectivity index (χ4n) is 3.28. The first kappa shape index (κ1) is 14.7. The number of carbonyl (C=O) groups excluding carboxylic acids is 1. The molecule has 2 aromatic carbocycles. The number of rotatable bonds is 3. The first-order valence-corrected chi connectivity index (χ1v) is 7.93. The molecule has 0 saturated carbocycles. The van der Waals surface area contributed by atoms with Crippen LogP contribution in [0, 0.1) is 0 Å². The Balaban J connectivity index is 1.61. The van der Waals surface area contributed by atoms with Gasteiger partial charge < -0.3 is 14.8 Å². The van der Waals surface area contributed by atoms with Crippen LogP contribution in [-0.2, 0) is 6.42 Å². The number of benzene rings is 2. The van der Waals surface area contributed by atoms with Crippen LogP contribution in [0.2, 0.25) is 0 Å². The minimum absolute atomic E-state index is 0.262. The first-order chi connectivity index (χ1) is 11.7. The number of aliphatic hydroxyl groups excluding tert-OH is 1. The van der Waals surface area contributed by atoms with E-state index in [9.17, 15) is 9.90 Å². The van der Waals surface area contributed by atoms with E-state index >= 15 is 0 Å². The van der Waals surface area contributed by atoms with Crippen LogP contribution < -0.4 is 5.32 Å². The Kier molecular flexibility index (Phi) is 3.67. The number of nitrogens with one attached hydrogen (secondary N) is 1. The number of amides is 1. The van der Waals surface area contributed by atoms with E-state index in [0.717, 1.165) is 22.3 Å². The molecule has 4 rings (SSSR count). The van der Waals surface area contributed by atoms with Crippen LogP contribution in [0.25, 0.3) is 11.1 Å². The summed E-state index contributed by atoms with van der Waals surface area (Å²) in [7, 11) is 0. The molecule has 120 valence electrons. The zero-order valence-electron chi connectivity index (χ0n) is 13.0. The maximum Gasteiger partial charge on any atom is 0.288 e. The molecular weight excluding hydrogens is 302 g/mol. The number of hydrogen-bond donors (Lipinski definition) is 2. The summed E-state index contributed by atoms with van der Waals surface area (Å²) in [5, 5.41) is 13.2. The van der Waals surface area contributed by atoms with Crippen LogP contribution in [0.15, 0.2) is 71.3 Å². The quantitative estimate of drug-likeness (QED) is 0.778. The van der Waals surface area contributed by atoms with Gasteiger partial charge in [0.2, 0.25) is 0 Å². The van der Waals surface area contributed by atoms with Crippen LogP contribution >= 0.6 is 0 Å². The normalized spacial score (nSPS) is 19.0. The van der Waals surface area contributed by atoms with Gasteiger partial charge in [0, 0.05) is 12.0 Å². The molecule has 2 N–H and O–H groups in total. The molecule has 0 bridgehead atoms.